The monoisotopic (exact) mass is 918 g/mol. The second-order valence-corrected chi connectivity index (χ2v) is 17.6. The number of fused-ring (bicyclic) bond motifs is 8. The number of rotatable bonds is 14. The second-order valence-electron chi connectivity index (χ2n) is 17.6. The maximum Gasteiger partial charge on any atom is 0.333 e. The highest BCUT2D eigenvalue weighted by Crippen LogP contribution is 2.44. The van der Waals surface area contributed by atoms with E-state index in [9.17, 15) is 24.0 Å². The molecule has 0 aromatic heterocycles. The fourth-order valence-corrected chi connectivity index (χ4v) is 9.77. The van der Waals surface area contributed by atoms with Crippen molar-refractivity contribution in [1.82, 2.24) is 5.06 Å². The van der Waals surface area contributed by atoms with Gasteiger partial charge in [0.25, 0.3) is 23.6 Å². The number of ether oxygens (including phenoxy) is 4. The summed E-state index contributed by atoms with van der Waals surface area (Å²) in [6.07, 6.45) is 3.65. The third-order valence-corrected chi connectivity index (χ3v) is 13.2. The van der Waals surface area contributed by atoms with Crippen molar-refractivity contribution >= 4 is 64.2 Å². The number of amides is 4. The first-order valence-electron chi connectivity index (χ1n) is 22.7. The van der Waals surface area contributed by atoms with E-state index in [2.05, 4.69) is 11.0 Å². The molecule has 5 heterocycles. The van der Waals surface area contributed by atoms with E-state index in [-0.39, 0.29) is 56.4 Å². The Morgan fingerprint density at radius 1 is 0.706 bits per heavy atom. The van der Waals surface area contributed by atoms with Gasteiger partial charge in [-0.15, -0.1) is 5.06 Å². The number of nitrogens with zero attached hydrogens (tertiary/aromatic N) is 6. The van der Waals surface area contributed by atoms with Crippen molar-refractivity contribution in [3.05, 3.63) is 124 Å². The van der Waals surface area contributed by atoms with Gasteiger partial charge in [0.1, 0.15) is 13.2 Å². The average Bonchev–Trinajstić information content (AvgIpc) is 3.97. The molecule has 1 saturated heterocycles. The average molecular weight is 919 g/mol. The van der Waals surface area contributed by atoms with Crippen LogP contribution in [0, 0.1) is 0 Å². The molecule has 5 aromatic carbocycles. The topological polar surface area (TPSA) is 160 Å². The molecule has 0 N–H and O–H groups in total. The van der Waals surface area contributed by atoms with Crippen molar-refractivity contribution in [2.75, 3.05) is 61.0 Å². The van der Waals surface area contributed by atoms with Gasteiger partial charge in [-0.1, -0.05) is 36.4 Å². The minimum Gasteiger partial charge on any atom is -0.493 e. The molecular formula is C52H50N6O10. The maximum atomic E-state index is 14.2. The third kappa shape index (κ3) is 8.19. The van der Waals surface area contributed by atoms with Gasteiger partial charge in [0.15, 0.2) is 23.0 Å². The lowest BCUT2D eigenvalue weighted by Gasteiger charge is -2.25. The van der Waals surface area contributed by atoms with Crippen LogP contribution in [0.1, 0.15) is 68.7 Å². The summed E-state index contributed by atoms with van der Waals surface area (Å²) in [6, 6.07) is 28.6. The fourth-order valence-electron chi connectivity index (χ4n) is 9.77. The van der Waals surface area contributed by atoms with Crippen molar-refractivity contribution in [2.45, 2.75) is 63.8 Å². The number of para-hydroxylation sites is 2. The Morgan fingerprint density at radius 2 is 1.31 bits per heavy atom. The Hall–Kier alpha value is -7.88. The number of aliphatic imine (C=N–C) groups is 1. The maximum absolute atomic E-state index is 14.2. The molecule has 0 radical (unpaired) electrons. The van der Waals surface area contributed by atoms with Crippen molar-refractivity contribution in [1.29, 1.82) is 0 Å². The van der Waals surface area contributed by atoms with Gasteiger partial charge >= 0.3 is 5.97 Å². The van der Waals surface area contributed by atoms with Crippen LogP contribution in [0.5, 0.6) is 23.0 Å². The molecule has 348 valence electrons. The highest BCUT2D eigenvalue weighted by atomic mass is 16.7. The first-order valence-corrected chi connectivity index (χ1v) is 22.7. The molecule has 0 saturated carbocycles. The largest absolute Gasteiger partial charge is 0.493 e. The smallest absolute Gasteiger partial charge is 0.333 e. The van der Waals surface area contributed by atoms with Crippen molar-refractivity contribution in [2.24, 2.45) is 4.99 Å². The van der Waals surface area contributed by atoms with E-state index in [4.69, 9.17) is 28.8 Å². The van der Waals surface area contributed by atoms with Crippen LogP contribution >= 0.6 is 0 Å². The molecular weight excluding hydrogens is 869 g/mol. The number of hydrogen-bond acceptors (Lipinski definition) is 13. The highest BCUT2D eigenvalue weighted by molar-refractivity contribution is 6.15. The summed E-state index contributed by atoms with van der Waals surface area (Å²) in [5, 5.41) is 0.560. The second kappa shape index (κ2) is 18.1. The summed E-state index contributed by atoms with van der Waals surface area (Å²) in [5.41, 5.74) is 8.57. The zero-order chi connectivity index (χ0) is 47.2. The Bertz CT molecular complexity index is 2900. The summed E-state index contributed by atoms with van der Waals surface area (Å²) in [7, 11) is 6.96. The predicted molar refractivity (Wildman–Crippen MR) is 254 cm³/mol. The van der Waals surface area contributed by atoms with Gasteiger partial charge < -0.3 is 38.5 Å². The summed E-state index contributed by atoms with van der Waals surface area (Å²) in [4.78, 5) is 82.5. The lowest BCUT2D eigenvalue weighted by Crippen LogP contribution is -2.41. The molecule has 68 heavy (non-hydrogen) atoms. The number of hydrogen-bond donors (Lipinski definition) is 0. The van der Waals surface area contributed by atoms with E-state index in [1.165, 1.54) is 7.11 Å². The van der Waals surface area contributed by atoms with Gasteiger partial charge in [0.05, 0.1) is 48.8 Å². The van der Waals surface area contributed by atoms with Crippen LogP contribution < -0.4 is 38.5 Å². The molecule has 2 atom stereocenters. The Labute approximate surface area is 393 Å². The summed E-state index contributed by atoms with van der Waals surface area (Å²) >= 11 is 0. The number of hydroxylamine groups is 2. The van der Waals surface area contributed by atoms with Crippen LogP contribution in [-0.2, 0) is 45.3 Å². The first-order chi connectivity index (χ1) is 33.0. The lowest BCUT2D eigenvalue weighted by molar-refractivity contribution is -0.197. The predicted octanol–water partition coefficient (Wildman–Crippen LogP) is 6.99. The summed E-state index contributed by atoms with van der Waals surface area (Å²) < 4.78 is 24.6. The summed E-state index contributed by atoms with van der Waals surface area (Å²) in [6.45, 7) is 1.28. The number of anilines is 4. The Kier molecular flexibility index (Phi) is 11.7. The summed E-state index contributed by atoms with van der Waals surface area (Å²) in [5.74, 6) is -0.321. The van der Waals surface area contributed by atoms with Gasteiger partial charge in [-0.05, 0) is 77.6 Å². The van der Waals surface area contributed by atoms with E-state index in [0.29, 0.717) is 70.8 Å². The van der Waals surface area contributed by atoms with E-state index < -0.39 is 17.8 Å². The van der Waals surface area contributed by atoms with E-state index in [0.717, 1.165) is 51.4 Å². The van der Waals surface area contributed by atoms with Gasteiger partial charge in [-0.3, -0.25) is 29.1 Å². The molecule has 16 heteroatoms. The molecule has 0 bridgehead atoms. The molecule has 10 rings (SSSR count). The minimum absolute atomic E-state index is 0.0194. The molecule has 5 aromatic rings. The van der Waals surface area contributed by atoms with Crippen LogP contribution in [0.25, 0.3) is 0 Å². The van der Waals surface area contributed by atoms with Crippen molar-refractivity contribution in [3.8, 4) is 23.0 Å². The molecule has 5 aliphatic heterocycles. The molecule has 0 unspecified atom stereocenters. The molecule has 4 amide bonds. The number of methoxy groups -OCH3 is 2. The van der Waals surface area contributed by atoms with Crippen LogP contribution in [0.4, 0.5) is 28.4 Å². The Morgan fingerprint density at radius 3 is 1.99 bits per heavy atom. The molecule has 16 nitrogen and oxygen atoms in total. The Balaban J connectivity index is 0.902. The standard InChI is InChI=1S/C52H50N6O10/c1-54(17-9-14-50(61)68-58-48(59)15-16-49(58)60)35-19-31(29-66-46-25-40-38(23-44(46)64-3)51(62)56-36(27-53-40)21-33-10-5-7-12-41(33)56)18-32(20-35)30-67-47-26-43-39(24-45(47)65-4)52(63)57-37(28-55(43)2)22-34-11-6-8-13-42(34)57/h5-8,10-13,18-20,23-27,36-37H,9,14-17,21-22,28-30H2,1-4H3/t36-,37-/m0/s1. The van der Waals surface area contributed by atoms with Gasteiger partial charge in [0.2, 0.25) is 0 Å². The highest BCUT2D eigenvalue weighted by Gasteiger charge is 2.40. The minimum atomic E-state index is -0.670. The zero-order valence-corrected chi connectivity index (χ0v) is 38.2. The van der Waals surface area contributed by atoms with Crippen LogP contribution in [0.15, 0.2) is 96.0 Å². The van der Waals surface area contributed by atoms with Gasteiger partial charge in [0, 0.05) is 88.3 Å². The number of carbonyl (C=O) groups excluding carboxylic acids is 5. The van der Waals surface area contributed by atoms with Crippen LogP contribution in [0.2, 0.25) is 0 Å². The number of carbonyl (C=O) groups is 5. The quantitative estimate of drug-likeness (QED) is 0.105. The first kappa shape index (κ1) is 44.0. The molecule has 1 fully saturated rings. The van der Waals surface area contributed by atoms with Gasteiger partial charge in [-0.2, -0.15) is 0 Å². The van der Waals surface area contributed by atoms with Gasteiger partial charge in [-0.25, -0.2) is 4.79 Å². The molecule has 0 aliphatic carbocycles. The number of likely N-dealkylation sites (N-methyl/N-ethyl adjacent to an activating group) is 1. The van der Waals surface area contributed by atoms with Crippen LogP contribution in [0.3, 0.4) is 0 Å². The van der Waals surface area contributed by atoms with Crippen molar-refractivity contribution in [3.63, 3.8) is 0 Å². The fraction of sp³-hybridized carbons (Fsp3) is 0.308. The van der Waals surface area contributed by atoms with E-state index in [1.54, 1.807) is 30.2 Å². The van der Waals surface area contributed by atoms with E-state index >= 15 is 0 Å². The van der Waals surface area contributed by atoms with Crippen molar-refractivity contribution < 1.29 is 47.8 Å². The van der Waals surface area contributed by atoms with E-state index in [1.807, 2.05) is 96.8 Å². The number of imide groups is 1. The molecule has 0 spiro atoms. The zero-order valence-electron chi connectivity index (χ0n) is 38.2. The molecule has 5 aliphatic rings. The van der Waals surface area contributed by atoms with Crippen LogP contribution in [-0.4, -0.2) is 94.4 Å². The lowest BCUT2D eigenvalue weighted by atomic mass is 10.1. The number of benzene rings is 5. The normalized spacial score (nSPS) is 17.7. The third-order valence-electron chi connectivity index (χ3n) is 13.2. The SMILES string of the molecule is COc1cc2c(cc1OCc1cc(COc3cc4c(cc3OC)C(=O)N3c5ccccc5C[C@H]3CN4C)cc(N(C)CCCC(=O)ON3C(=O)CCC3=O)c1)N=C[C@@H]1Cc3ccccc3N1C2=O.